The fourth-order valence-electron chi connectivity index (χ4n) is 3.69. The van der Waals surface area contributed by atoms with Gasteiger partial charge in [-0.25, -0.2) is 0 Å². The summed E-state index contributed by atoms with van der Waals surface area (Å²) in [5.41, 5.74) is 2.14. The number of carbonyl (C=O) groups is 2. The van der Waals surface area contributed by atoms with Gasteiger partial charge in [0.15, 0.2) is 11.5 Å². The number of hydrogen-bond acceptors (Lipinski definition) is 4. The van der Waals surface area contributed by atoms with Crippen LogP contribution in [-0.4, -0.2) is 50.1 Å². The number of ether oxygens (including phenoxy) is 2. The normalized spacial score (nSPS) is 11.5. The van der Waals surface area contributed by atoms with Gasteiger partial charge in [-0.15, -0.1) is 0 Å². The lowest BCUT2D eigenvalue weighted by molar-refractivity contribution is -0.140. The molecule has 0 heterocycles. The van der Waals surface area contributed by atoms with Gasteiger partial charge in [-0.2, -0.15) is 0 Å². The molecule has 6 nitrogen and oxygen atoms in total. The van der Waals surface area contributed by atoms with Crippen molar-refractivity contribution in [2.75, 3.05) is 27.3 Å². The Morgan fingerprint density at radius 3 is 2.28 bits per heavy atom. The third-order valence-corrected chi connectivity index (χ3v) is 5.49. The van der Waals surface area contributed by atoms with Crippen molar-refractivity contribution in [2.45, 2.75) is 52.0 Å². The minimum Gasteiger partial charge on any atom is -0.493 e. The van der Waals surface area contributed by atoms with Crippen LogP contribution >= 0.6 is 0 Å². The third-order valence-electron chi connectivity index (χ3n) is 5.49. The molecular formula is C26H36N2O4. The first-order chi connectivity index (χ1) is 15.5. The third kappa shape index (κ3) is 7.29. The smallest absolute Gasteiger partial charge is 0.242 e. The Bertz CT molecular complexity index is 854. The van der Waals surface area contributed by atoms with Gasteiger partial charge in [0, 0.05) is 19.5 Å². The molecule has 0 saturated carbocycles. The molecule has 0 bridgehead atoms. The van der Waals surface area contributed by atoms with Crippen LogP contribution in [0, 0.1) is 0 Å². The van der Waals surface area contributed by atoms with Crippen molar-refractivity contribution in [2.24, 2.45) is 0 Å². The first-order valence-corrected chi connectivity index (χ1v) is 11.4. The molecule has 0 aliphatic rings. The molecule has 0 spiro atoms. The van der Waals surface area contributed by atoms with E-state index in [0.717, 1.165) is 17.5 Å². The van der Waals surface area contributed by atoms with E-state index in [2.05, 4.69) is 5.32 Å². The number of nitrogens with one attached hydrogen (secondary N) is 1. The van der Waals surface area contributed by atoms with Crippen molar-refractivity contribution in [3.8, 4) is 11.5 Å². The standard InChI is InChI=1S/C26H36N2O4/c1-5-17-27-26(30)22(6-2)28(18-16-20-10-8-7-9-11-20)25(29)15-13-21-12-14-23(31-3)24(19-21)32-4/h7-12,14,19,22H,5-6,13,15-18H2,1-4H3,(H,27,30)/t22-/m0/s1. The van der Waals surface area contributed by atoms with Crippen molar-refractivity contribution in [1.29, 1.82) is 0 Å². The zero-order chi connectivity index (χ0) is 23.3. The highest BCUT2D eigenvalue weighted by Gasteiger charge is 2.27. The second kappa shape index (κ2) is 13.4. The molecule has 2 amide bonds. The molecule has 0 unspecified atom stereocenters. The van der Waals surface area contributed by atoms with Gasteiger partial charge in [0.1, 0.15) is 6.04 Å². The van der Waals surface area contributed by atoms with E-state index in [1.165, 1.54) is 0 Å². The highest BCUT2D eigenvalue weighted by Crippen LogP contribution is 2.28. The number of amides is 2. The van der Waals surface area contributed by atoms with E-state index in [0.29, 0.717) is 50.3 Å². The molecule has 174 valence electrons. The maximum atomic E-state index is 13.3. The predicted octanol–water partition coefficient (Wildman–Crippen LogP) is 4.01. The Morgan fingerprint density at radius 1 is 0.938 bits per heavy atom. The number of carbonyl (C=O) groups excluding carboxylic acids is 2. The van der Waals surface area contributed by atoms with Gasteiger partial charge in [-0.1, -0.05) is 50.2 Å². The maximum absolute atomic E-state index is 13.3. The SMILES string of the molecule is CCCNC(=O)[C@H](CC)N(CCc1ccccc1)C(=O)CCc1ccc(OC)c(OC)c1. The predicted molar refractivity (Wildman–Crippen MR) is 127 cm³/mol. The minimum atomic E-state index is -0.469. The molecule has 0 aliphatic heterocycles. The van der Waals surface area contributed by atoms with Crippen LogP contribution in [0.3, 0.4) is 0 Å². The molecule has 2 rings (SSSR count). The number of hydrogen-bond donors (Lipinski definition) is 1. The summed E-state index contributed by atoms with van der Waals surface area (Å²) in [6.45, 7) is 5.09. The molecule has 0 aliphatic carbocycles. The molecule has 6 heteroatoms. The fourth-order valence-corrected chi connectivity index (χ4v) is 3.69. The minimum absolute atomic E-state index is 0.0192. The summed E-state index contributed by atoms with van der Waals surface area (Å²) < 4.78 is 10.7. The summed E-state index contributed by atoms with van der Waals surface area (Å²) in [4.78, 5) is 27.8. The molecular weight excluding hydrogens is 404 g/mol. The summed E-state index contributed by atoms with van der Waals surface area (Å²) in [5.74, 6) is 1.20. The molecule has 32 heavy (non-hydrogen) atoms. The van der Waals surface area contributed by atoms with Gasteiger partial charge in [0.25, 0.3) is 0 Å². The van der Waals surface area contributed by atoms with Gasteiger partial charge in [-0.3, -0.25) is 9.59 Å². The topological polar surface area (TPSA) is 67.9 Å². The lowest BCUT2D eigenvalue weighted by atomic mass is 10.1. The zero-order valence-electron chi connectivity index (χ0n) is 19.7. The molecule has 1 atom stereocenters. The lowest BCUT2D eigenvalue weighted by Gasteiger charge is -2.30. The van der Waals surface area contributed by atoms with Crippen molar-refractivity contribution in [3.05, 3.63) is 59.7 Å². The summed E-state index contributed by atoms with van der Waals surface area (Å²) in [6.07, 6.45) is 3.03. The van der Waals surface area contributed by atoms with E-state index in [-0.39, 0.29) is 11.8 Å². The molecule has 2 aromatic rings. The first-order valence-electron chi connectivity index (χ1n) is 11.4. The van der Waals surface area contributed by atoms with E-state index < -0.39 is 6.04 Å². The number of aryl methyl sites for hydroxylation is 1. The fraction of sp³-hybridized carbons (Fsp3) is 0.462. The average Bonchev–Trinajstić information content (AvgIpc) is 2.83. The molecule has 2 aromatic carbocycles. The quantitative estimate of drug-likeness (QED) is 0.511. The molecule has 1 N–H and O–H groups in total. The summed E-state index contributed by atoms with van der Waals surface area (Å²) in [5, 5.41) is 2.96. The zero-order valence-corrected chi connectivity index (χ0v) is 19.7. The van der Waals surface area contributed by atoms with Crippen LogP contribution in [0.1, 0.15) is 44.2 Å². The van der Waals surface area contributed by atoms with Crippen LogP contribution in [0.4, 0.5) is 0 Å². The van der Waals surface area contributed by atoms with E-state index in [4.69, 9.17) is 9.47 Å². The number of benzene rings is 2. The summed E-state index contributed by atoms with van der Waals surface area (Å²) >= 11 is 0. The number of nitrogens with zero attached hydrogens (tertiary/aromatic N) is 1. The molecule has 0 radical (unpaired) electrons. The van der Waals surface area contributed by atoms with E-state index >= 15 is 0 Å². The summed E-state index contributed by atoms with van der Waals surface area (Å²) in [6, 6.07) is 15.3. The number of methoxy groups -OCH3 is 2. The summed E-state index contributed by atoms with van der Waals surface area (Å²) in [7, 11) is 3.19. The van der Waals surface area contributed by atoms with Crippen molar-refractivity contribution >= 4 is 11.8 Å². The van der Waals surface area contributed by atoms with Crippen LogP contribution < -0.4 is 14.8 Å². The van der Waals surface area contributed by atoms with E-state index in [9.17, 15) is 9.59 Å². The maximum Gasteiger partial charge on any atom is 0.242 e. The largest absolute Gasteiger partial charge is 0.493 e. The van der Waals surface area contributed by atoms with Crippen LogP contribution in [0.15, 0.2) is 48.5 Å². The van der Waals surface area contributed by atoms with Crippen LogP contribution in [0.25, 0.3) is 0 Å². The Morgan fingerprint density at radius 2 is 1.66 bits per heavy atom. The molecule has 0 aromatic heterocycles. The second-order valence-electron chi connectivity index (χ2n) is 7.73. The number of rotatable bonds is 13. The average molecular weight is 441 g/mol. The molecule has 0 fully saturated rings. The van der Waals surface area contributed by atoms with Crippen molar-refractivity contribution in [1.82, 2.24) is 10.2 Å². The van der Waals surface area contributed by atoms with E-state index in [1.807, 2.05) is 62.4 Å². The molecule has 0 saturated heterocycles. The second-order valence-corrected chi connectivity index (χ2v) is 7.73. The van der Waals surface area contributed by atoms with Crippen molar-refractivity contribution < 1.29 is 19.1 Å². The van der Waals surface area contributed by atoms with Gasteiger partial charge in [0.05, 0.1) is 14.2 Å². The Balaban J connectivity index is 2.13. The Kier molecular flexibility index (Phi) is 10.6. The van der Waals surface area contributed by atoms with Gasteiger partial charge < -0.3 is 19.7 Å². The van der Waals surface area contributed by atoms with Gasteiger partial charge in [-0.05, 0) is 48.9 Å². The Labute approximate surface area is 191 Å². The van der Waals surface area contributed by atoms with Crippen molar-refractivity contribution in [3.63, 3.8) is 0 Å². The Hall–Kier alpha value is -3.02. The monoisotopic (exact) mass is 440 g/mol. The van der Waals surface area contributed by atoms with Crippen LogP contribution in [0.5, 0.6) is 11.5 Å². The van der Waals surface area contributed by atoms with Crippen LogP contribution in [0.2, 0.25) is 0 Å². The lowest BCUT2D eigenvalue weighted by Crippen LogP contribution is -2.50. The van der Waals surface area contributed by atoms with Crippen LogP contribution in [-0.2, 0) is 22.4 Å². The van der Waals surface area contributed by atoms with E-state index in [1.54, 1.807) is 19.1 Å². The van der Waals surface area contributed by atoms with Gasteiger partial charge in [0.2, 0.25) is 11.8 Å². The first kappa shape index (κ1) is 25.2. The van der Waals surface area contributed by atoms with Gasteiger partial charge >= 0.3 is 0 Å². The highest BCUT2D eigenvalue weighted by atomic mass is 16.5. The highest BCUT2D eigenvalue weighted by molar-refractivity contribution is 5.87.